The predicted molar refractivity (Wildman–Crippen MR) is 75.1 cm³/mol. The SMILES string of the molecule is CNC(=O)NC(=O)[C@H](C)N[C@H](C)c1ccccc1Cl. The molecule has 19 heavy (non-hydrogen) atoms. The van der Waals surface area contributed by atoms with Gasteiger partial charge in [0.25, 0.3) is 0 Å². The summed E-state index contributed by atoms with van der Waals surface area (Å²) in [5, 5.41) is 8.27. The van der Waals surface area contributed by atoms with Crippen molar-refractivity contribution in [3.8, 4) is 0 Å². The lowest BCUT2D eigenvalue weighted by atomic mass is 10.1. The van der Waals surface area contributed by atoms with Crippen LogP contribution in [0.1, 0.15) is 25.5 Å². The third-order valence-corrected chi connectivity index (χ3v) is 3.07. The number of halogens is 1. The molecule has 2 atom stereocenters. The van der Waals surface area contributed by atoms with Crippen LogP contribution >= 0.6 is 11.6 Å². The van der Waals surface area contributed by atoms with Gasteiger partial charge in [-0.25, -0.2) is 4.79 Å². The maximum absolute atomic E-state index is 11.7. The van der Waals surface area contributed by atoms with Crippen molar-refractivity contribution in [2.75, 3.05) is 7.05 Å². The van der Waals surface area contributed by atoms with Gasteiger partial charge in [-0.2, -0.15) is 0 Å². The zero-order valence-corrected chi connectivity index (χ0v) is 11.9. The van der Waals surface area contributed by atoms with Crippen LogP contribution in [0, 0.1) is 0 Å². The number of nitrogens with one attached hydrogen (secondary N) is 3. The number of carbonyl (C=O) groups excluding carboxylic acids is 2. The summed E-state index contributed by atoms with van der Waals surface area (Å²) < 4.78 is 0. The summed E-state index contributed by atoms with van der Waals surface area (Å²) in [6.45, 7) is 3.59. The van der Waals surface area contributed by atoms with Gasteiger partial charge in [0.2, 0.25) is 5.91 Å². The fourth-order valence-electron chi connectivity index (χ4n) is 1.65. The minimum absolute atomic E-state index is 0.0980. The van der Waals surface area contributed by atoms with E-state index in [-0.39, 0.29) is 6.04 Å². The van der Waals surface area contributed by atoms with Crippen LogP contribution in [0.2, 0.25) is 5.02 Å². The molecule has 0 aliphatic carbocycles. The summed E-state index contributed by atoms with van der Waals surface area (Å²) in [5.74, 6) is -0.391. The predicted octanol–water partition coefficient (Wildman–Crippen LogP) is 1.83. The summed E-state index contributed by atoms with van der Waals surface area (Å²) in [6, 6.07) is 6.29. The third kappa shape index (κ3) is 4.54. The molecule has 0 aliphatic heterocycles. The van der Waals surface area contributed by atoms with Crippen LogP contribution < -0.4 is 16.0 Å². The smallest absolute Gasteiger partial charge is 0.321 e. The first-order valence-corrected chi connectivity index (χ1v) is 6.36. The van der Waals surface area contributed by atoms with Gasteiger partial charge < -0.3 is 5.32 Å². The van der Waals surface area contributed by atoms with E-state index in [9.17, 15) is 9.59 Å². The summed E-state index contributed by atoms with van der Waals surface area (Å²) >= 11 is 6.08. The van der Waals surface area contributed by atoms with Gasteiger partial charge in [0, 0.05) is 18.1 Å². The van der Waals surface area contributed by atoms with E-state index in [4.69, 9.17) is 11.6 Å². The van der Waals surface area contributed by atoms with Crippen molar-refractivity contribution in [1.82, 2.24) is 16.0 Å². The van der Waals surface area contributed by atoms with Crippen LogP contribution in [0.15, 0.2) is 24.3 Å². The Labute approximate surface area is 117 Å². The van der Waals surface area contributed by atoms with Crippen molar-refractivity contribution in [2.24, 2.45) is 0 Å². The second-order valence-corrected chi connectivity index (χ2v) is 4.61. The molecule has 0 heterocycles. The first-order chi connectivity index (χ1) is 8.95. The molecule has 0 unspecified atom stereocenters. The van der Waals surface area contributed by atoms with Crippen LogP contribution in [0.25, 0.3) is 0 Å². The standard InChI is InChI=1S/C13H18ClN3O2/c1-8(10-6-4-5-7-11(10)14)16-9(2)12(18)17-13(19)15-3/h4-9,16H,1-3H3,(H2,15,17,18,19)/t8-,9+/m1/s1. The molecule has 6 heteroatoms. The number of amides is 3. The molecule has 0 fully saturated rings. The zero-order valence-electron chi connectivity index (χ0n) is 11.2. The van der Waals surface area contributed by atoms with Crippen molar-refractivity contribution >= 4 is 23.5 Å². The van der Waals surface area contributed by atoms with Gasteiger partial charge in [-0.15, -0.1) is 0 Å². The van der Waals surface area contributed by atoms with Crippen LogP contribution in [-0.4, -0.2) is 25.0 Å². The lowest BCUT2D eigenvalue weighted by Gasteiger charge is -2.20. The Morgan fingerprint density at radius 3 is 2.42 bits per heavy atom. The maximum atomic E-state index is 11.7. The summed E-state index contributed by atoms with van der Waals surface area (Å²) in [6.07, 6.45) is 0. The minimum Gasteiger partial charge on any atom is -0.341 e. The van der Waals surface area contributed by atoms with E-state index in [1.165, 1.54) is 7.05 Å². The number of carbonyl (C=O) groups is 2. The van der Waals surface area contributed by atoms with Gasteiger partial charge in [0.15, 0.2) is 0 Å². The van der Waals surface area contributed by atoms with Gasteiger partial charge in [-0.05, 0) is 25.5 Å². The zero-order chi connectivity index (χ0) is 14.4. The summed E-state index contributed by atoms with van der Waals surface area (Å²) in [4.78, 5) is 22.7. The monoisotopic (exact) mass is 283 g/mol. The lowest BCUT2D eigenvalue weighted by Crippen LogP contribution is -2.47. The Morgan fingerprint density at radius 2 is 1.84 bits per heavy atom. The highest BCUT2D eigenvalue weighted by molar-refractivity contribution is 6.31. The molecule has 104 valence electrons. The molecule has 3 N–H and O–H groups in total. The van der Waals surface area contributed by atoms with Crippen LogP contribution in [0.4, 0.5) is 4.79 Å². The second kappa shape index (κ2) is 7.11. The highest BCUT2D eigenvalue weighted by Gasteiger charge is 2.18. The average molecular weight is 284 g/mol. The lowest BCUT2D eigenvalue weighted by molar-refractivity contribution is -0.121. The first-order valence-electron chi connectivity index (χ1n) is 5.98. The fourth-order valence-corrected chi connectivity index (χ4v) is 1.95. The van der Waals surface area contributed by atoms with E-state index in [0.29, 0.717) is 5.02 Å². The summed E-state index contributed by atoms with van der Waals surface area (Å²) in [7, 11) is 1.45. The molecule has 0 radical (unpaired) electrons. The molecule has 3 amide bonds. The van der Waals surface area contributed by atoms with Crippen molar-refractivity contribution in [3.63, 3.8) is 0 Å². The third-order valence-electron chi connectivity index (χ3n) is 2.73. The number of urea groups is 1. The molecule has 1 aromatic carbocycles. The maximum Gasteiger partial charge on any atom is 0.321 e. The van der Waals surface area contributed by atoms with Crippen molar-refractivity contribution < 1.29 is 9.59 Å². The molecular formula is C13H18ClN3O2. The number of benzene rings is 1. The van der Waals surface area contributed by atoms with Crippen LogP contribution in [0.3, 0.4) is 0 Å². The Kier molecular flexibility index (Phi) is 5.79. The Hall–Kier alpha value is -1.59. The Bertz CT molecular complexity index is 465. The minimum atomic E-state index is -0.524. The van der Waals surface area contributed by atoms with Crippen LogP contribution in [-0.2, 0) is 4.79 Å². The molecule has 0 saturated heterocycles. The van der Waals surface area contributed by atoms with Gasteiger partial charge in [-0.1, -0.05) is 29.8 Å². The van der Waals surface area contributed by atoms with E-state index in [1.807, 2.05) is 25.1 Å². The van der Waals surface area contributed by atoms with Crippen molar-refractivity contribution in [3.05, 3.63) is 34.9 Å². The Balaban J connectivity index is 2.62. The number of rotatable bonds is 4. The normalized spacial score (nSPS) is 13.5. The van der Waals surface area contributed by atoms with Gasteiger partial charge >= 0.3 is 6.03 Å². The van der Waals surface area contributed by atoms with E-state index in [1.54, 1.807) is 13.0 Å². The topological polar surface area (TPSA) is 70.2 Å². The van der Waals surface area contributed by atoms with Crippen LogP contribution in [0.5, 0.6) is 0 Å². The number of hydrogen-bond donors (Lipinski definition) is 3. The molecule has 5 nitrogen and oxygen atoms in total. The fraction of sp³-hybridized carbons (Fsp3) is 0.385. The van der Waals surface area contributed by atoms with Gasteiger partial charge in [0.05, 0.1) is 6.04 Å². The molecule has 0 saturated carbocycles. The molecule has 0 spiro atoms. The second-order valence-electron chi connectivity index (χ2n) is 4.20. The molecule has 0 bridgehead atoms. The highest BCUT2D eigenvalue weighted by atomic mass is 35.5. The largest absolute Gasteiger partial charge is 0.341 e. The van der Waals surface area contributed by atoms with Crippen molar-refractivity contribution in [2.45, 2.75) is 25.9 Å². The van der Waals surface area contributed by atoms with E-state index >= 15 is 0 Å². The van der Waals surface area contributed by atoms with Gasteiger partial charge in [-0.3, -0.25) is 15.4 Å². The molecular weight excluding hydrogens is 266 g/mol. The van der Waals surface area contributed by atoms with E-state index in [2.05, 4.69) is 16.0 Å². The molecule has 0 aliphatic rings. The quantitative estimate of drug-likeness (QED) is 0.790. The Morgan fingerprint density at radius 1 is 1.21 bits per heavy atom. The molecule has 1 aromatic rings. The molecule has 1 rings (SSSR count). The van der Waals surface area contributed by atoms with E-state index in [0.717, 1.165) is 5.56 Å². The van der Waals surface area contributed by atoms with Gasteiger partial charge in [0.1, 0.15) is 0 Å². The first kappa shape index (κ1) is 15.5. The van der Waals surface area contributed by atoms with Crippen molar-refractivity contribution in [1.29, 1.82) is 0 Å². The summed E-state index contributed by atoms with van der Waals surface area (Å²) in [5.41, 5.74) is 0.906. The number of hydrogen-bond acceptors (Lipinski definition) is 3. The highest BCUT2D eigenvalue weighted by Crippen LogP contribution is 2.22. The van der Waals surface area contributed by atoms with E-state index < -0.39 is 18.0 Å². The average Bonchev–Trinajstić information content (AvgIpc) is 2.38. The molecule has 0 aromatic heterocycles. The number of imide groups is 1.